The molecule has 0 aliphatic rings. The lowest BCUT2D eigenvalue weighted by Gasteiger charge is -2.15. The van der Waals surface area contributed by atoms with Gasteiger partial charge in [0, 0.05) is 24.5 Å². The minimum atomic E-state index is -0.290. The number of amides is 2. The summed E-state index contributed by atoms with van der Waals surface area (Å²) in [5.74, 6) is -0.297. The molecule has 0 bridgehead atoms. The van der Waals surface area contributed by atoms with Crippen molar-refractivity contribution in [3.8, 4) is 5.75 Å². The van der Waals surface area contributed by atoms with Crippen LogP contribution in [-0.4, -0.2) is 29.0 Å². The van der Waals surface area contributed by atoms with Gasteiger partial charge in [-0.3, -0.25) is 9.59 Å². The van der Waals surface area contributed by atoms with Crippen LogP contribution in [0, 0.1) is 0 Å². The highest BCUT2D eigenvalue weighted by molar-refractivity contribution is 7.14. The van der Waals surface area contributed by atoms with Gasteiger partial charge in [-0.05, 0) is 36.2 Å². The van der Waals surface area contributed by atoms with Crippen LogP contribution in [-0.2, 0) is 11.2 Å². The summed E-state index contributed by atoms with van der Waals surface area (Å²) in [5, 5.41) is 14.1. The average Bonchev–Trinajstić information content (AvgIpc) is 3.15. The molecule has 0 radical (unpaired) electrons. The summed E-state index contributed by atoms with van der Waals surface area (Å²) in [6, 6.07) is 16.1. The van der Waals surface area contributed by atoms with Crippen LogP contribution in [0.2, 0.25) is 0 Å². The van der Waals surface area contributed by atoms with E-state index >= 15 is 0 Å². The van der Waals surface area contributed by atoms with Crippen molar-refractivity contribution < 1.29 is 14.7 Å². The number of carbonyl (C=O) groups excluding carboxylic acids is 2. The molecular weight excluding hydrogens is 362 g/mol. The molecule has 0 saturated heterocycles. The van der Waals surface area contributed by atoms with E-state index in [1.165, 1.54) is 28.4 Å². The van der Waals surface area contributed by atoms with Crippen LogP contribution in [0.1, 0.15) is 22.5 Å². The number of rotatable bonds is 6. The molecule has 0 saturated carbocycles. The molecule has 1 heterocycles. The van der Waals surface area contributed by atoms with Crippen LogP contribution < -0.4 is 10.2 Å². The Hall–Kier alpha value is -3.19. The molecule has 0 aliphatic carbocycles. The second-order valence-electron chi connectivity index (χ2n) is 5.95. The molecule has 27 heavy (non-hydrogen) atoms. The number of aryl methyl sites for hydroxylation is 1. The van der Waals surface area contributed by atoms with Gasteiger partial charge in [0.2, 0.25) is 5.91 Å². The van der Waals surface area contributed by atoms with E-state index in [9.17, 15) is 14.7 Å². The molecule has 0 atom stereocenters. The van der Waals surface area contributed by atoms with Crippen molar-refractivity contribution in [2.75, 3.05) is 17.3 Å². The fourth-order valence-corrected chi connectivity index (χ4v) is 3.18. The normalized spacial score (nSPS) is 10.4. The fourth-order valence-electron chi connectivity index (χ4n) is 2.48. The Bertz CT molecular complexity index is 923. The lowest BCUT2D eigenvalue weighted by Crippen LogP contribution is -2.26. The third-order valence-electron chi connectivity index (χ3n) is 3.99. The van der Waals surface area contributed by atoms with Gasteiger partial charge in [0.25, 0.3) is 5.91 Å². The molecule has 0 unspecified atom stereocenters. The number of aromatic hydroxyl groups is 1. The van der Waals surface area contributed by atoms with Crippen LogP contribution in [0.15, 0.2) is 60.0 Å². The van der Waals surface area contributed by atoms with Crippen molar-refractivity contribution in [1.29, 1.82) is 0 Å². The highest BCUT2D eigenvalue weighted by Gasteiger charge is 2.17. The second-order valence-corrected chi connectivity index (χ2v) is 6.81. The van der Waals surface area contributed by atoms with Gasteiger partial charge in [-0.15, -0.1) is 11.3 Å². The Kier molecular flexibility index (Phi) is 5.83. The van der Waals surface area contributed by atoms with Gasteiger partial charge < -0.3 is 15.3 Å². The molecule has 2 N–H and O–H groups in total. The molecule has 0 aliphatic heterocycles. The lowest BCUT2D eigenvalue weighted by molar-refractivity contribution is -0.116. The Balaban J connectivity index is 1.58. The number of thiazole rings is 1. The summed E-state index contributed by atoms with van der Waals surface area (Å²) in [5.41, 5.74) is 1.99. The number of carbonyl (C=O) groups is 2. The zero-order valence-electron chi connectivity index (χ0n) is 14.8. The van der Waals surface area contributed by atoms with Crippen molar-refractivity contribution in [3.05, 3.63) is 71.2 Å². The molecule has 0 spiro atoms. The third kappa shape index (κ3) is 4.92. The summed E-state index contributed by atoms with van der Waals surface area (Å²) in [6.45, 7) is 0. The molecule has 2 aromatic carbocycles. The summed E-state index contributed by atoms with van der Waals surface area (Å²) in [7, 11) is 1.63. The van der Waals surface area contributed by atoms with E-state index in [0.717, 1.165) is 5.56 Å². The van der Waals surface area contributed by atoms with Crippen LogP contribution in [0.4, 0.5) is 10.8 Å². The van der Waals surface area contributed by atoms with E-state index in [0.29, 0.717) is 23.7 Å². The van der Waals surface area contributed by atoms with Crippen molar-refractivity contribution in [1.82, 2.24) is 4.98 Å². The minimum Gasteiger partial charge on any atom is -0.508 e. The van der Waals surface area contributed by atoms with Crippen molar-refractivity contribution in [3.63, 3.8) is 0 Å². The molecule has 1 aromatic heterocycles. The lowest BCUT2D eigenvalue weighted by atomic mass is 10.1. The first-order valence-corrected chi connectivity index (χ1v) is 9.27. The maximum absolute atomic E-state index is 12.5. The zero-order valence-corrected chi connectivity index (χ0v) is 15.6. The zero-order chi connectivity index (χ0) is 19.2. The quantitative estimate of drug-likeness (QED) is 0.682. The summed E-state index contributed by atoms with van der Waals surface area (Å²) >= 11 is 1.21. The van der Waals surface area contributed by atoms with E-state index in [4.69, 9.17) is 0 Å². The maximum Gasteiger partial charge on any atom is 0.277 e. The fraction of sp³-hybridized carbons (Fsp3) is 0.150. The number of hydrogen-bond donors (Lipinski definition) is 2. The van der Waals surface area contributed by atoms with E-state index in [-0.39, 0.29) is 23.3 Å². The maximum atomic E-state index is 12.5. The summed E-state index contributed by atoms with van der Waals surface area (Å²) < 4.78 is 0. The van der Waals surface area contributed by atoms with Gasteiger partial charge in [-0.1, -0.05) is 30.3 Å². The highest BCUT2D eigenvalue weighted by Crippen LogP contribution is 2.21. The number of nitrogens with zero attached hydrogens (tertiary/aromatic N) is 2. The molecule has 0 fully saturated rings. The first-order valence-electron chi connectivity index (χ1n) is 8.39. The van der Waals surface area contributed by atoms with Crippen molar-refractivity contribution in [2.24, 2.45) is 0 Å². The van der Waals surface area contributed by atoms with E-state index in [1.54, 1.807) is 24.6 Å². The monoisotopic (exact) mass is 381 g/mol. The molecular formula is C20H19N3O3S. The Labute approximate surface area is 161 Å². The topological polar surface area (TPSA) is 82.5 Å². The number of hydrogen-bond acceptors (Lipinski definition) is 5. The Morgan fingerprint density at radius 1 is 1.11 bits per heavy atom. The molecule has 6 nitrogen and oxygen atoms in total. The summed E-state index contributed by atoms with van der Waals surface area (Å²) in [4.78, 5) is 30.3. The van der Waals surface area contributed by atoms with E-state index < -0.39 is 0 Å². The van der Waals surface area contributed by atoms with E-state index in [1.807, 2.05) is 30.3 Å². The summed E-state index contributed by atoms with van der Waals surface area (Å²) in [6.07, 6.45) is 0.994. The van der Waals surface area contributed by atoms with Gasteiger partial charge in [-0.25, -0.2) is 4.98 Å². The van der Waals surface area contributed by atoms with E-state index in [2.05, 4.69) is 10.3 Å². The number of phenols is 1. The van der Waals surface area contributed by atoms with Gasteiger partial charge in [-0.2, -0.15) is 0 Å². The van der Waals surface area contributed by atoms with Crippen molar-refractivity contribution >= 4 is 34.0 Å². The first-order chi connectivity index (χ1) is 13.0. The molecule has 7 heteroatoms. The number of aromatic nitrogens is 1. The average molecular weight is 381 g/mol. The van der Waals surface area contributed by atoms with Gasteiger partial charge in [0.05, 0.1) is 0 Å². The molecule has 138 valence electrons. The van der Waals surface area contributed by atoms with Gasteiger partial charge in [0.15, 0.2) is 5.13 Å². The molecule has 3 rings (SSSR count). The SMILES string of the molecule is CN(C(=O)c1csc(NC(=O)CCc2ccccc2)n1)c1ccc(O)cc1. The number of anilines is 2. The predicted molar refractivity (Wildman–Crippen MR) is 106 cm³/mol. The van der Waals surface area contributed by atoms with Crippen molar-refractivity contribution in [2.45, 2.75) is 12.8 Å². The van der Waals surface area contributed by atoms with Crippen LogP contribution in [0.25, 0.3) is 0 Å². The third-order valence-corrected chi connectivity index (χ3v) is 4.75. The molecule has 2 amide bonds. The highest BCUT2D eigenvalue weighted by atomic mass is 32.1. The number of benzene rings is 2. The predicted octanol–water partition coefficient (Wildman–Crippen LogP) is 3.70. The Morgan fingerprint density at radius 3 is 2.52 bits per heavy atom. The Morgan fingerprint density at radius 2 is 1.81 bits per heavy atom. The van der Waals surface area contributed by atoms with Gasteiger partial charge in [0.1, 0.15) is 11.4 Å². The number of phenolic OH excluding ortho intramolecular Hbond substituents is 1. The van der Waals surface area contributed by atoms with Crippen LogP contribution in [0.5, 0.6) is 5.75 Å². The smallest absolute Gasteiger partial charge is 0.277 e. The number of nitrogens with one attached hydrogen (secondary N) is 1. The first kappa shape index (κ1) is 18.6. The molecule has 3 aromatic rings. The second kappa shape index (κ2) is 8.46. The standard InChI is InChI=1S/C20H19N3O3S/c1-23(15-8-10-16(24)11-9-15)19(26)17-13-27-20(21-17)22-18(25)12-7-14-5-3-2-4-6-14/h2-6,8-11,13,24H,7,12H2,1H3,(H,21,22,25). The minimum absolute atomic E-state index is 0.133. The van der Waals surface area contributed by atoms with Gasteiger partial charge >= 0.3 is 0 Å². The van der Waals surface area contributed by atoms with Crippen LogP contribution >= 0.6 is 11.3 Å². The van der Waals surface area contributed by atoms with Crippen LogP contribution in [0.3, 0.4) is 0 Å². The largest absolute Gasteiger partial charge is 0.508 e.